The van der Waals surface area contributed by atoms with Gasteiger partial charge in [0.05, 0.1) is 26.1 Å². The number of hydrogen-bond donors (Lipinski definition) is 2. The van der Waals surface area contributed by atoms with Crippen LogP contribution < -0.4 is 5.32 Å². The van der Waals surface area contributed by atoms with E-state index in [0.717, 1.165) is 0 Å². The molecule has 1 aliphatic heterocycles. The molecule has 0 aliphatic carbocycles. The minimum absolute atomic E-state index is 0.0137. The molecule has 0 unspecified atom stereocenters. The molecule has 2 aromatic rings. The molecule has 2 aromatic carbocycles. The number of amides is 1. The van der Waals surface area contributed by atoms with Gasteiger partial charge in [-0.1, -0.05) is 11.6 Å². The van der Waals surface area contributed by atoms with Crippen molar-refractivity contribution in [1.82, 2.24) is 4.31 Å². The fourth-order valence-corrected chi connectivity index (χ4v) is 4.92. The first-order chi connectivity index (χ1) is 13.2. The van der Waals surface area contributed by atoms with E-state index in [1.807, 2.05) is 0 Å². The molecule has 0 radical (unpaired) electrons. The quantitative estimate of drug-likeness (QED) is 0.684. The second kappa shape index (κ2) is 8.46. The Bertz CT molecular complexity index is 1010. The lowest BCUT2D eigenvalue weighted by Crippen LogP contribution is -2.40. The molecular weight excluding hydrogens is 475 g/mol. The Balaban J connectivity index is 1.86. The summed E-state index contributed by atoms with van der Waals surface area (Å²) in [5.74, 6) is -1.09. The van der Waals surface area contributed by atoms with Gasteiger partial charge in [-0.25, -0.2) is 12.8 Å². The molecule has 1 amide bonds. The van der Waals surface area contributed by atoms with Crippen molar-refractivity contribution in [2.75, 3.05) is 18.4 Å². The number of halogens is 3. The van der Waals surface area contributed by atoms with Gasteiger partial charge in [0.25, 0.3) is 5.91 Å². The van der Waals surface area contributed by atoms with Crippen LogP contribution in [0.5, 0.6) is 0 Å². The Hall–Kier alpha value is -1.52. The maximum absolute atomic E-state index is 13.3. The summed E-state index contributed by atoms with van der Waals surface area (Å²) in [4.78, 5) is 12.5. The zero-order chi connectivity index (χ0) is 20.5. The number of carbonyl (C=O) groups excluding carboxylic acids is 1. The average molecular weight is 492 g/mol. The van der Waals surface area contributed by atoms with E-state index < -0.39 is 27.9 Å². The highest BCUT2D eigenvalue weighted by Crippen LogP contribution is 2.26. The van der Waals surface area contributed by atoms with Crippen LogP contribution in [0.3, 0.4) is 0 Å². The molecule has 1 fully saturated rings. The minimum atomic E-state index is -3.82. The molecule has 28 heavy (non-hydrogen) atoms. The molecule has 6 nitrogen and oxygen atoms in total. The minimum Gasteiger partial charge on any atom is -0.393 e. The van der Waals surface area contributed by atoms with Gasteiger partial charge in [-0.3, -0.25) is 4.79 Å². The summed E-state index contributed by atoms with van der Waals surface area (Å²) >= 11 is 9.13. The lowest BCUT2D eigenvalue weighted by atomic mass is 10.1. The number of benzene rings is 2. The topological polar surface area (TPSA) is 86.7 Å². The molecule has 2 N–H and O–H groups in total. The van der Waals surface area contributed by atoms with Gasteiger partial charge >= 0.3 is 0 Å². The second-order valence-electron chi connectivity index (χ2n) is 6.36. The Morgan fingerprint density at radius 2 is 1.89 bits per heavy atom. The van der Waals surface area contributed by atoms with Gasteiger partial charge in [0, 0.05) is 18.8 Å². The number of hydrogen-bond acceptors (Lipinski definition) is 4. The van der Waals surface area contributed by atoms with E-state index in [1.54, 1.807) is 0 Å². The molecule has 1 aliphatic rings. The molecule has 0 atom stereocenters. The number of aliphatic hydroxyl groups excluding tert-OH is 1. The predicted molar refractivity (Wildman–Crippen MR) is 108 cm³/mol. The monoisotopic (exact) mass is 490 g/mol. The van der Waals surface area contributed by atoms with Crippen LogP contribution in [0.15, 0.2) is 45.8 Å². The number of carbonyl (C=O) groups is 1. The van der Waals surface area contributed by atoms with Crippen LogP contribution in [0.4, 0.5) is 10.1 Å². The Morgan fingerprint density at radius 1 is 1.21 bits per heavy atom. The van der Waals surface area contributed by atoms with Gasteiger partial charge in [0.15, 0.2) is 0 Å². The first-order valence-corrected chi connectivity index (χ1v) is 11.0. The summed E-state index contributed by atoms with van der Waals surface area (Å²) in [7, 11) is -3.82. The predicted octanol–water partition coefficient (Wildman–Crippen LogP) is 3.64. The number of nitrogens with zero attached hydrogens (tertiary/aromatic N) is 1. The summed E-state index contributed by atoms with van der Waals surface area (Å²) in [6, 6.07) is 7.87. The normalized spacial score (nSPS) is 16.1. The molecule has 0 spiro atoms. The van der Waals surface area contributed by atoms with E-state index in [1.165, 1.54) is 40.7 Å². The van der Waals surface area contributed by atoms with Crippen LogP contribution in [0.25, 0.3) is 0 Å². The summed E-state index contributed by atoms with van der Waals surface area (Å²) in [6.07, 6.45) is 0.215. The fourth-order valence-electron chi connectivity index (χ4n) is 2.84. The number of anilines is 1. The second-order valence-corrected chi connectivity index (χ2v) is 9.56. The highest BCUT2D eigenvalue weighted by Gasteiger charge is 2.29. The van der Waals surface area contributed by atoms with Crippen LogP contribution in [-0.4, -0.2) is 42.9 Å². The van der Waals surface area contributed by atoms with Crippen molar-refractivity contribution >= 4 is 49.1 Å². The zero-order valence-electron chi connectivity index (χ0n) is 14.5. The van der Waals surface area contributed by atoms with Crippen LogP contribution in [0, 0.1) is 5.82 Å². The van der Waals surface area contributed by atoms with Crippen molar-refractivity contribution < 1.29 is 22.7 Å². The third-order valence-corrected chi connectivity index (χ3v) is 7.25. The first kappa shape index (κ1) is 21.2. The Labute approximate surface area is 175 Å². The SMILES string of the molecule is O=C(Nc1ccc(F)c(Br)c1)c1cc(S(=O)(=O)N2CCC(O)CC2)ccc1Cl. The van der Waals surface area contributed by atoms with Gasteiger partial charge in [-0.05, 0) is 65.2 Å². The number of nitrogens with one attached hydrogen (secondary N) is 1. The summed E-state index contributed by atoms with van der Waals surface area (Å²) in [6.45, 7) is 0.411. The highest BCUT2D eigenvalue weighted by molar-refractivity contribution is 9.10. The molecule has 0 bridgehead atoms. The van der Waals surface area contributed by atoms with E-state index >= 15 is 0 Å². The van der Waals surface area contributed by atoms with Crippen molar-refractivity contribution in [2.24, 2.45) is 0 Å². The lowest BCUT2D eigenvalue weighted by molar-refractivity contribution is 0.102. The van der Waals surface area contributed by atoms with E-state index in [-0.39, 0.29) is 33.0 Å². The smallest absolute Gasteiger partial charge is 0.257 e. The van der Waals surface area contributed by atoms with Crippen LogP contribution in [0.1, 0.15) is 23.2 Å². The maximum atomic E-state index is 13.3. The summed E-state index contributed by atoms with van der Waals surface area (Å²) < 4.78 is 40.5. The van der Waals surface area contributed by atoms with Gasteiger partial charge in [0.1, 0.15) is 5.82 Å². The molecule has 0 aromatic heterocycles. The zero-order valence-corrected chi connectivity index (χ0v) is 17.7. The van der Waals surface area contributed by atoms with Crippen LogP contribution in [0.2, 0.25) is 5.02 Å². The largest absolute Gasteiger partial charge is 0.393 e. The fraction of sp³-hybridized carbons (Fsp3) is 0.278. The van der Waals surface area contributed by atoms with E-state index in [9.17, 15) is 22.7 Å². The van der Waals surface area contributed by atoms with Gasteiger partial charge in [-0.15, -0.1) is 0 Å². The van der Waals surface area contributed by atoms with E-state index in [2.05, 4.69) is 21.2 Å². The van der Waals surface area contributed by atoms with Crippen molar-refractivity contribution in [1.29, 1.82) is 0 Å². The molecule has 10 heteroatoms. The summed E-state index contributed by atoms with van der Waals surface area (Å²) in [5, 5.41) is 12.2. The van der Waals surface area contributed by atoms with Crippen molar-refractivity contribution in [3.8, 4) is 0 Å². The Kier molecular flexibility index (Phi) is 6.41. The van der Waals surface area contributed by atoms with Crippen molar-refractivity contribution in [3.05, 3.63) is 57.3 Å². The molecule has 150 valence electrons. The first-order valence-electron chi connectivity index (χ1n) is 8.42. The maximum Gasteiger partial charge on any atom is 0.257 e. The lowest BCUT2D eigenvalue weighted by Gasteiger charge is -2.28. The molecule has 1 heterocycles. The standard InChI is InChI=1S/C18H17BrClFN2O4S/c19-15-9-11(1-4-17(15)21)22-18(25)14-10-13(2-3-16(14)20)28(26,27)23-7-5-12(24)6-8-23/h1-4,9-10,12,24H,5-8H2,(H,22,25). The molecular formula is C18H17BrClFN2O4S. The van der Waals surface area contributed by atoms with Crippen molar-refractivity contribution in [3.63, 3.8) is 0 Å². The van der Waals surface area contributed by atoms with Gasteiger partial charge in [0.2, 0.25) is 10.0 Å². The number of sulfonamides is 1. The molecule has 3 rings (SSSR count). The van der Waals surface area contributed by atoms with Gasteiger partial charge < -0.3 is 10.4 Å². The average Bonchev–Trinajstić information content (AvgIpc) is 2.65. The van der Waals surface area contributed by atoms with E-state index in [0.29, 0.717) is 18.5 Å². The van der Waals surface area contributed by atoms with E-state index in [4.69, 9.17) is 11.6 Å². The molecule has 0 saturated carbocycles. The Morgan fingerprint density at radius 3 is 2.54 bits per heavy atom. The van der Waals surface area contributed by atoms with Crippen LogP contribution >= 0.6 is 27.5 Å². The molecule has 1 saturated heterocycles. The summed E-state index contributed by atoms with van der Waals surface area (Å²) in [5.41, 5.74) is 0.313. The van der Waals surface area contributed by atoms with Crippen molar-refractivity contribution in [2.45, 2.75) is 23.8 Å². The number of aliphatic hydroxyl groups is 1. The van der Waals surface area contributed by atoms with Gasteiger partial charge in [-0.2, -0.15) is 4.31 Å². The number of piperidine rings is 1. The third-order valence-electron chi connectivity index (χ3n) is 4.42. The highest BCUT2D eigenvalue weighted by atomic mass is 79.9. The number of rotatable bonds is 4. The van der Waals surface area contributed by atoms with Crippen LogP contribution in [-0.2, 0) is 10.0 Å². The third kappa shape index (κ3) is 4.55.